The summed E-state index contributed by atoms with van der Waals surface area (Å²) in [6, 6.07) is 17.4. The van der Waals surface area contributed by atoms with Gasteiger partial charge in [0.1, 0.15) is 0 Å². The molecule has 26 heavy (non-hydrogen) atoms. The Balaban J connectivity index is 1.46. The summed E-state index contributed by atoms with van der Waals surface area (Å²) >= 11 is 0. The highest BCUT2D eigenvalue weighted by Crippen LogP contribution is 2.36. The van der Waals surface area contributed by atoms with E-state index in [0.29, 0.717) is 25.5 Å². The third kappa shape index (κ3) is 3.11. The van der Waals surface area contributed by atoms with Crippen LogP contribution in [0.4, 0.5) is 0 Å². The van der Waals surface area contributed by atoms with E-state index >= 15 is 0 Å². The molecule has 2 heterocycles. The molecular weight excluding hydrogens is 330 g/mol. The maximum atomic E-state index is 12.9. The van der Waals surface area contributed by atoms with Crippen LogP contribution < -0.4 is 5.32 Å². The minimum Gasteiger partial charge on any atom is -0.423 e. The van der Waals surface area contributed by atoms with E-state index < -0.39 is 5.60 Å². The normalized spacial score (nSPS) is 19.4. The van der Waals surface area contributed by atoms with Gasteiger partial charge in [0.05, 0.1) is 0 Å². The van der Waals surface area contributed by atoms with Crippen LogP contribution in [0.2, 0.25) is 0 Å². The van der Waals surface area contributed by atoms with E-state index in [4.69, 9.17) is 9.15 Å². The molecule has 4 rings (SSSR count). The first-order valence-corrected chi connectivity index (χ1v) is 8.61. The molecule has 1 N–H and O–H groups in total. The van der Waals surface area contributed by atoms with Crippen molar-refractivity contribution in [2.75, 3.05) is 6.61 Å². The van der Waals surface area contributed by atoms with Gasteiger partial charge in [0.2, 0.25) is 12.3 Å². The fourth-order valence-corrected chi connectivity index (χ4v) is 3.27. The summed E-state index contributed by atoms with van der Waals surface area (Å²) in [5.41, 5.74) is 1.85. The molecule has 1 aliphatic heterocycles. The van der Waals surface area contributed by atoms with Gasteiger partial charge in [-0.1, -0.05) is 42.5 Å². The first-order valence-electron chi connectivity index (χ1n) is 8.61. The van der Waals surface area contributed by atoms with Gasteiger partial charge in [0.25, 0.3) is 5.91 Å². The number of carbonyl (C=O) groups excluding carboxylic acids is 1. The van der Waals surface area contributed by atoms with Crippen molar-refractivity contribution in [3.05, 3.63) is 72.1 Å². The van der Waals surface area contributed by atoms with Crippen LogP contribution in [0.3, 0.4) is 0 Å². The number of hydrogen-bond donors (Lipinski definition) is 1. The number of benzene rings is 2. The molecule has 132 valence electrons. The van der Waals surface area contributed by atoms with Crippen molar-refractivity contribution in [3.8, 4) is 11.5 Å². The maximum Gasteiger partial charge on any atom is 0.257 e. The molecule has 1 aliphatic rings. The van der Waals surface area contributed by atoms with Gasteiger partial charge in [-0.25, -0.2) is 0 Å². The lowest BCUT2D eigenvalue weighted by molar-refractivity contribution is -0.142. The molecule has 3 aromatic rings. The minimum atomic E-state index is -0.884. The Morgan fingerprint density at radius 2 is 1.92 bits per heavy atom. The SMILES string of the molecule is O=C(NCc1ccc(-c2nnco2)cc1)C1(c2ccccc2)CCCO1. The van der Waals surface area contributed by atoms with Crippen molar-refractivity contribution >= 4 is 5.91 Å². The number of carbonyl (C=O) groups is 1. The second kappa shape index (κ2) is 7.09. The van der Waals surface area contributed by atoms with E-state index in [9.17, 15) is 4.79 Å². The highest BCUT2D eigenvalue weighted by Gasteiger charge is 2.44. The Labute approximate surface area is 151 Å². The Morgan fingerprint density at radius 1 is 1.12 bits per heavy atom. The van der Waals surface area contributed by atoms with Crippen LogP contribution in [0.25, 0.3) is 11.5 Å². The van der Waals surface area contributed by atoms with E-state index in [1.165, 1.54) is 6.39 Å². The minimum absolute atomic E-state index is 0.0952. The van der Waals surface area contributed by atoms with Gasteiger partial charge in [-0.15, -0.1) is 10.2 Å². The second-order valence-corrected chi connectivity index (χ2v) is 6.27. The third-order valence-electron chi connectivity index (χ3n) is 4.64. The molecule has 6 nitrogen and oxygen atoms in total. The first-order chi connectivity index (χ1) is 12.8. The van der Waals surface area contributed by atoms with Gasteiger partial charge in [0, 0.05) is 18.7 Å². The zero-order valence-corrected chi connectivity index (χ0v) is 14.2. The van der Waals surface area contributed by atoms with Gasteiger partial charge in [-0.2, -0.15) is 0 Å². The Morgan fingerprint density at radius 3 is 2.58 bits per heavy atom. The summed E-state index contributed by atoms with van der Waals surface area (Å²) in [7, 11) is 0. The van der Waals surface area contributed by atoms with Crippen molar-refractivity contribution in [1.29, 1.82) is 0 Å². The number of hydrogen-bond acceptors (Lipinski definition) is 5. The van der Waals surface area contributed by atoms with Crippen LogP contribution in [0.15, 0.2) is 65.4 Å². The van der Waals surface area contributed by atoms with Crippen molar-refractivity contribution in [2.45, 2.75) is 25.0 Å². The molecule has 0 aliphatic carbocycles. The molecule has 0 saturated carbocycles. The van der Waals surface area contributed by atoms with Crippen LogP contribution in [0, 0.1) is 0 Å². The van der Waals surface area contributed by atoms with Crippen molar-refractivity contribution in [3.63, 3.8) is 0 Å². The van der Waals surface area contributed by atoms with Crippen LogP contribution in [-0.2, 0) is 21.7 Å². The molecule has 2 aromatic carbocycles. The quantitative estimate of drug-likeness (QED) is 0.766. The number of rotatable bonds is 5. The molecule has 1 amide bonds. The molecule has 1 aromatic heterocycles. The Kier molecular flexibility index (Phi) is 4.50. The average molecular weight is 349 g/mol. The zero-order chi connectivity index (χ0) is 17.8. The number of amides is 1. The van der Waals surface area contributed by atoms with E-state index in [2.05, 4.69) is 15.5 Å². The van der Waals surface area contributed by atoms with E-state index in [1.54, 1.807) is 0 Å². The molecule has 6 heteroatoms. The topological polar surface area (TPSA) is 77.3 Å². The first kappa shape index (κ1) is 16.5. The lowest BCUT2D eigenvalue weighted by atomic mass is 9.90. The fraction of sp³-hybridized carbons (Fsp3) is 0.250. The molecular formula is C20H19N3O3. The monoisotopic (exact) mass is 349 g/mol. The molecule has 0 bridgehead atoms. The standard InChI is InChI=1S/C20H19N3O3/c24-19(20(11-4-12-26-20)17-5-2-1-3-6-17)21-13-15-7-9-16(10-8-15)18-23-22-14-25-18/h1-3,5-10,14H,4,11-13H2,(H,21,24). The van der Waals surface area contributed by atoms with Gasteiger partial charge in [0.15, 0.2) is 5.60 Å². The molecule has 0 radical (unpaired) electrons. The highest BCUT2D eigenvalue weighted by atomic mass is 16.5. The average Bonchev–Trinajstić information content (AvgIpc) is 3.40. The van der Waals surface area contributed by atoms with E-state index in [0.717, 1.165) is 23.1 Å². The van der Waals surface area contributed by atoms with E-state index in [-0.39, 0.29) is 5.91 Å². The summed E-state index contributed by atoms with van der Waals surface area (Å²) in [5, 5.41) is 10.6. The predicted octanol–water partition coefficient (Wildman–Crippen LogP) is 3.06. The summed E-state index contributed by atoms with van der Waals surface area (Å²) in [6.07, 6.45) is 2.87. The zero-order valence-electron chi connectivity index (χ0n) is 14.2. The van der Waals surface area contributed by atoms with Gasteiger partial charge in [-0.05, 0) is 36.1 Å². The number of nitrogens with one attached hydrogen (secondary N) is 1. The highest BCUT2D eigenvalue weighted by molar-refractivity contribution is 5.86. The lowest BCUT2D eigenvalue weighted by Crippen LogP contribution is -2.43. The van der Waals surface area contributed by atoms with Crippen molar-refractivity contribution in [1.82, 2.24) is 15.5 Å². The van der Waals surface area contributed by atoms with Crippen molar-refractivity contribution in [2.24, 2.45) is 0 Å². The largest absolute Gasteiger partial charge is 0.423 e. The molecule has 1 fully saturated rings. The number of aromatic nitrogens is 2. The van der Waals surface area contributed by atoms with Crippen molar-refractivity contribution < 1.29 is 13.9 Å². The summed E-state index contributed by atoms with van der Waals surface area (Å²) in [4.78, 5) is 12.9. The second-order valence-electron chi connectivity index (χ2n) is 6.27. The fourth-order valence-electron chi connectivity index (χ4n) is 3.27. The van der Waals surface area contributed by atoms with Gasteiger partial charge < -0.3 is 14.5 Å². The third-order valence-corrected chi connectivity index (χ3v) is 4.64. The molecule has 1 atom stereocenters. The number of ether oxygens (including phenoxy) is 1. The lowest BCUT2D eigenvalue weighted by Gasteiger charge is -2.27. The van der Waals surface area contributed by atoms with Gasteiger partial charge in [-0.3, -0.25) is 4.79 Å². The molecule has 0 spiro atoms. The molecule has 1 unspecified atom stereocenters. The van der Waals surface area contributed by atoms with Crippen LogP contribution in [0.1, 0.15) is 24.0 Å². The summed E-state index contributed by atoms with van der Waals surface area (Å²) in [5.74, 6) is 0.380. The maximum absolute atomic E-state index is 12.9. The predicted molar refractivity (Wildman–Crippen MR) is 94.9 cm³/mol. The van der Waals surface area contributed by atoms with Gasteiger partial charge >= 0.3 is 0 Å². The smallest absolute Gasteiger partial charge is 0.257 e. The van der Waals surface area contributed by atoms with Crippen LogP contribution >= 0.6 is 0 Å². The number of nitrogens with zero attached hydrogens (tertiary/aromatic N) is 2. The Hall–Kier alpha value is -2.99. The summed E-state index contributed by atoms with van der Waals surface area (Å²) < 4.78 is 11.1. The molecule has 1 saturated heterocycles. The van der Waals surface area contributed by atoms with Crippen LogP contribution in [0.5, 0.6) is 0 Å². The van der Waals surface area contributed by atoms with E-state index in [1.807, 2.05) is 54.6 Å². The Bertz CT molecular complexity index is 855. The van der Waals surface area contributed by atoms with Crippen LogP contribution in [-0.4, -0.2) is 22.7 Å². The summed E-state index contributed by atoms with van der Waals surface area (Å²) in [6.45, 7) is 1.03.